The number of aliphatic imine (C=N–C) groups is 1. The monoisotopic (exact) mass is 817 g/mol. The highest BCUT2D eigenvalue weighted by Gasteiger charge is 2.28. The Morgan fingerprint density at radius 3 is 2.19 bits per heavy atom. The van der Waals surface area contributed by atoms with Gasteiger partial charge in [0.1, 0.15) is 17.5 Å². The Labute approximate surface area is 345 Å². The summed E-state index contributed by atoms with van der Waals surface area (Å²) in [6.45, 7) is 4.64. The number of phenolic OH excluding ortho intramolecular Hbond substituents is 1. The number of carbonyl (C=O) groups is 5. The second-order valence-electron chi connectivity index (χ2n) is 13.4. The maximum atomic E-state index is 14.3. The first-order valence-corrected chi connectivity index (χ1v) is 19.9. The van der Waals surface area contributed by atoms with Crippen molar-refractivity contribution in [3.8, 4) is 11.5 Å². The van der Waals surface area contributed by atoms with Crippen LogP contribution in [-0.4, -0.2) is 99.3 Å². The molecule has 320 valence electrons. The van der Waals surface area contributed by atoms with Crippen LogP contribution in [0, 0.1) is 0 Å². The number of hydrogen-bond donors (Lipinski definition) is 9. The summed E-state index contributed by atoms with van der Waals surface area (Å²) in [6.07, 6.45) is 2.60. The van der Waals surface area contributed by atoms with E-state index in [2.05, 4.69) is 36.9 Å². The normalized spacial score (nSPS) is 12.1. The molecule has 0 saturated carbocycles. The van der Waals surface area contributed by atoms with Crippen LogP contribution in [0.25, 0.3) is 0 Å². The topological polar surface area (TPSA) is 261 Å². The van der Waals surface area contributed by atoms with E-state index in [9.17, 15) is 29.1 Å². The predicted octanol–water partition coefficient (Wildman–Crippen LogP) is 1.89. The second kappa shape index (κ2) is 27.4. The first-order chi connectivity index (χ1) is 28.6. The fraction of sp³-hybridized carbons (Fsp3) is 0.429. The van der Waals surface area contributed by atoms with Gasteiger partial charge in [0.25, 0.3) is 0 Å². The van der Waals surface area contributed by atoms with Crippen LogP contribution < -0.4 is 48.1 Å². The van der Waals surface area contributed by atoms with Crippen molar-refractivity contribution in [2.75, 3.05) is 52.5 Å². The lowest BCUT2D eigenvalue weighted by molar-refractivity contribution is -0.129. The summed E-state index contributed by atoms with van der Waals surface area (Å²) in [4.78, 5) is 67.1. The Bertz CT molecular complexity index is 1780. The minimum Gasteiger partial charge on any atom is -0.508 e. The van der Waals surface area contributed by atoms with Crippen molar-refractivity contribution < 1.29 is 38.6 Å². The van der Waals surface area contributed by atoms with Gasteiger partial charge < -0.3 is 57.9 Å². The molecule has 2 atom stereocenters. The molecule has 0 aliphatic rings. The number of hydrogen-bond acceptors (Lipinski definition) is 9. The average Bonchev–Trinajstić information content (AvgIpc) is 3.23. The number of aromatic hydroxyl groups is 1. The number of nitrogens with zero attached hydrogens (tertiary/aromatic N) is 1. The van der Waals surface area contributed by atoms with Gasteiger partial charge in [-0.2, -0.15) is 4.99 Å². The number of amides is 6. The van der Waals surface area contributed by atoms with Crippen molar-refractivity contribution >= 4 is 35.6 Å². The SMILES string of the molecule is CCC(=O)NCCNC(=O)/N=C(/N)NCCC[C@@H](NC(=O)C(c1ccccc1)c1cccc(OCCCCNC(=O)CCOCCN)c1)C(=O)NCc1ccc(O)cc1. The summed E-state index contributed by atoms with van der Waals surface area (Å²) in [5.74, 6) is -1.28. The molecule has 17 heteroatoms. The highest BCUT2D eigenvalue weighted by molar-refractivity contribution is 5.93. The lowest BCUT2D eigenvalue weighted by Gasteiger charge is -2.24. The van der Waals surface area contributed by atoms with E-state index in [0.717, 1.165) is 5.56 Å². The molecule has 59 heavy (non-hydrogen) atoms. The molecule has 1 unspecified atom stereocenters. The van der Waals surface area contributed by atoms with E-state index in [0.29, 0.717) is 75.5 Å². The smallest absolute Gasteiger partial charge is 0.344 e. The molecule has 0 aliphatic heterocycles. The highest BCUT2D eigenvalue weighted by Crippen LogP contribution is 2.28. The second-order valence-corrected chi connectivity index (χ2v) is 13.4. The van der Waals surface area contributed by atoms with Crippen LogP contribution in [0.5, 0.6) is 11.5 Å². The summed E-state index contributed by atoms with van der Waals surface area (Å²) in [6, 6.07) is 21.3. The molecule has 3 aromatic carbocycles. The summed E-state index contributed by atoms with van der Waals surface area (Å²) in [7, 11) is 0. The number of nitrogens with one attached hydrogen (secondary N) is 6. The number of carbonyl (C=O) groups excluding carboxylic acids is 5. The molecule has 17 nitrogen and oxygen atoms in total. The predicted molar refractivity (Wildman–Crippen MR) is 224 cm³/mol. The van der Waals surface area contributed by atoms with Crippen LogP contribution >= 0.6 is 0 Å². The van der Waals surface area contributed by atoms with Crippen LogP contribution in [0.3, 0.4) is 0 Å². The summed E-state index contributed by atoms with van der Waals surface area (Å²) in [5, 5.41) is 26.4. The molecule has 0 aromatic heterocycles. The van der Waals surface area contributed by atoms with Crippen LogP contribution in [0.4, 0.5) is 4.79 Å². The van der Waals surface area contributed by atoms with Gasteiger partial charge in [-0.3, -0.25) is 19.2 Å². The molecule has 0 fully saturated rings. The zero-order valence-corrected chi connectivity index (χ0v) is 33.7. The van der Waals surface area contributed by atoms with Gasteiger partial charge >= 0.3 is 6.03 Å². The summed E-state index contributed by atoms with van der Waals surface area (Å²) >= 11 is 0. The Kier molecular flexibility index (Phi) is 21.9. The number of ether oxygens (including phenoxy) is 2. The van der Waals surface area contributed by atoms with Crippen molar-refractivity contribution in [3.05, 3.63) is 95.6 Å². The van der Waals surface area contributed by atoms with E-state index in [1.807, 2.05) is 54.6 Å². The summed E-state index contributed by atoms with van der Waals surface area (Å²) < 4.78 is 11.3. The standard InChI is InChI=1S/C42H59N9O8/c1-2-36(53)46-23-24-48-42(57)51-41(44)47-22-9-14-35(39(55)49-29-30-15-17-33(52)18-16-30)50-40(56)38(31-10-4-3-5-11-31)32-12-8-13-34(28-32)59-25-7-6-21-45-37(54)19-26-58-27-20-43/h3-5,8,10-13,15-18,28,35,38,52H,2,6-7,9,14,19-27,29,43H2,1H3,(H,45,54)(H,46,53)(H,49,55)(H,50,56)(H4,44,47,48,51,57)/t35-,38?/m1/s1. The molecule has 0 aliphatic carbocycles. The number of nitrogens with two attached hydrogens (primary N) is 2. The van der Waals surface area contributed by atoms with Crippen molar-refractivity contribution in [1.82, 2.24) is 31.9 Å². The van der Waals surface area contributed by atoms with E-state index in [4.69, 9.17) is 20.9 Å². The van der Waals surface area contributed by atoms with Gasteiger partial charge in [-0.15, -0.1) is 0 Å². The molecule has 0 heterocycles. The zero-order valence-electron chi connectivity index (χ0n) is 33.7. The van der Waals surface area contributed by atoms with E-state index >= 15 is 0 Å². The molecule has 11 N–H and O–H groups in total. The van der Waals surface area contributed by atoms with E-state index in [1.54, 1.807) is 19.1 Å². The minimum absolute atomic E-state index is 0.0848. The molecular formula is C42H59N9O8. The maximum absolute atomic E-state index is 14.3. The molecule has 0 bridgehead atoms. The number of guanidine groups is 1. The number of urea groups is 1. The zero-order chi connectivity index (χ0) is 42.7. The Hall–Kier alpha value is -6.20. The van der Waals surface area contributed by atoms with Crippen LogP contribution in [0.1, 0.15) is 68.1 Å². The maximum Gasteiger partial charge on any atom is 0.344 e. The number of phenols is 1. The lowest BCUT2D eigenvalue weighted by atomic mass is 9.90. The lowest BCUT2D eigenvalue weighted by Crippen LogP contribution is -2.48. The van der Waals surface area contributed by atoms with Crippen molar-refractivity contribution in [1.29, 1.82) is 0 Å². The Morgan fingerprint density at radius 2 is 1.44 bits per heavy atom. The highest BCUT2D eigenvalue weighted by atomic mass is 16.5. The van der Waals surface area contributed by atoms with Gasteiger partial charge in [0, 0.05) is 52.1 Å². The molecule has 3 rings (SSSR count). The van der Waals surface area contributed by atoms with E-state index in [-0.39, 0.29) is 62.5 Å². The number of unbranched alkanes of at least 4 members (excludes halogenated alkanes) is 1. The van der Waals surface area contributed by atoms with Gasteiger partial charge in [0.2, 0.25) is 23.6 Å². The first kappa shape index (κ1) is 47.2. The third-order valence-electron chi connectivity index (χ3n) is 8.76. The molecule has 0 spiro atoms. The first-order valence-electron chi connectivity index (χ1n) is 19.9. The minimum atomic E-state index is -0.953. The summed E-state index contributed by atoms with van der Waals surface area (Å²) in [5.41, 5.74) is 13.4. The third-order valence-corrected chi connectivity index (χ3v) is 8.76. The average molecular weight is 818 g/mol. The van der Waals surface area contributed by atoms with Gasteiger partial charge in [-0.25, -0.2) is 4.79 Å². The molecule has 0 saturated heterocycles. The molecular weight excluding hydrogens is 759 g/mol. The fourth-order valence-corrected chi connectivity index (χ4v) is 5.67. The van der Waals surface area contributed by atoms with Crippen LogP contribution in [0.2, 0.25) is 0 Å². The van der Waals surface area contributed by atoms with E-state index in [1.165, 1.54) is 12.1 Å². The van der Waals surface area contributed by atoms with Gasteiger partial charge in [-0.1, -0.05) is 61.5 Å². The van der Waals surface area contributed by atoms with Crippen LogP contribution in [0.15, 0.2) is 83.9 Å². The van der Waals surface area contributed by atoms with E-state index < -0.39 is 29.8 Å². The number of rotatable bonds is 26. The van der Waals surface area contributed by atoms with Crippen molar-refractivity contribution in [2.24, 2.45) is 16.5 Å². The van der Waals surface area contributed by atoms with Gasteiger partial charge in [0.15, 0.2) is 5.96 Å². The molecule has 0 radical (unpaired) electrons. The Morgan fingerprint density at radius 1 is 0.729 bits per heavy atom. The molecule has 6 amide bonds. The van der Waals surface area contributed by atoms with Gasteiger partial charge in [0.05, 0.1) is 25.7 Å². The van der Waals surface area contributed by atoms with Crippen molar-refractivity contribution in [3.63, 3.8) is 0 Å². The Balaban J connectivity index is 1.65. The van der Waals surface area contributed by atoms with Gasteiger partial charge in [-0.05, 0) is 66.6 Å². The molecule has 3 aromatic rings. The quantitative estimate of drug-likeness (QED) is 0.0321. The number of benzene rings is 3. The fourth-order valence-electron chi connectivity index (χ4n) is 5.67. The largest absolute Gasteiger partial charge is 0.508 e. The van der Waals surface area contributed by atoms with Crippen molar-refractivity contribution in [2.45, 2.75) is 64.0 Å². The third kappa shape index (κ3) is 19.2. The van der Waals surface area contributed by atoms with Crippen LogP contribution in [-0.2, 0) is 30.5 Å².